The Hall–Kier alpha value is -2.14. The van der Waals surface area contributed by atoms with Crippen molar-refractivity contribution < 1.29 is 9.90 Å². The molecule has 0 radical (unpaired) electrons. The highest BCUT2D eigenvalue weighted by atomic mass is 16.3. The van der Waals surface area contributed by atoms with Crippen molar-refractivity contribution in [2.45, 2.75) is 26.3 Å². The minimum atomic E-state index is -0.661. The fraction of sp³-hybridized carbons (Fsp3) is 0.333. The topological polar surface area (TPSA) is 78.0 Å². The van der Waals surface area contributed by atoms with E-state index in [1.54, 1.807) is 19.9 Å². The Bertz CT molecular complexity index is 600. The van der Waals surface area contributed by atoms with Crippen LogP contribution in [0, 0.1) is 6.92 Å². The Morgan fingerprint density at radius 3 is 2.60 bits per heavy atom. The van der Waals surface area contributed by atoms with Crippen molar-refractivity contribution in [1.29, 1.82) is 0 Å². The highest BCUT2D eigenvalue weighted by Crippen LogP contribution is 2.18. The van der Waals surface area contributed by atoms with Gasteiger partial charge in [-0.2, -0.15) is 5.10 Å². The van der Waals surface area contributed by atoms with Crippen molar-refractivity contribution in [2.24, 2.45) is 0 Å². The summed E-state index contributed by atoms with van der Waals surface area (Å²) in [7, 11) is 0. The lowest BCUT2D eigenvalue weighted by molar-refractivity contribution is 0.0864. The maximum atomic E-state index is 12.0. The molecule has 20 heavy (non-hydrogen) atoms. The number of aliphatic hydroxyl groups is 1. The number of nitrogens with zero attached hydrogens (tertiary/aromatic N) is 1. The number of aromatic amines is 1. The van der Waals surface area contributed by atoms with Crippen LogP contribution in [0.15, 0.2) is 30.3 Å². The van der Waals surface area contributed by atoms with Crippen LogP contribution in [0.2, 0.25) is 0 Å². The molecule has 0 atom stereocenters. The molecule has 0 aliphatic heterocycles. The van der Waals surface area contributed by atoms with Gasteiger partial charge in [0, 0.05) is 5.56 Å². The summed E-state index contributed by atoms with van der Waals surface area (Å²) in [6, 6.07) is 9.63. The third-order valence-electron chi connectivity index (χ3n) is 3.02. The van der Waals surface area contributed by atoms with Gasteiger partial charge < -0.3 is 10.4 Å². The van der Waals surface area contributed by atoms with Gasteiger partial charge in [-0.15, -0.1) is 0 Å². The molecule has 106 valence electrons. The number of carbonyl (C=O) groups excluding carboxylic acids is 1. The maximum absolute atomic E-state index is 12.0. The zero-order valence-corrected chi connectivity index (χ0v) is 11.9. The number of nitrogens with one attached hydrogen (secondary N) is 2. The van der Waals surface area contributed by atoms with Gasteiger partial charge in [0.05, 0.1) is 17.8 Å². The molecule has 3 N–H and O–H groups in total. The summed E-state index contributed by atoms with van der Waals surface area (Å²) < 4.78 is 0. The number of aryl methyl sites for hydroxylation is 1. The number of H-pyrrole nitrogens is 1. The lowest BCUT2D eigenvalue weighted by Crippen LogP contribution is -2.46. The predicted octanol–water partition coefficient (Wildman–Crippen LogP) is 1.89. The summed E-state index contributed by atoms with van der Waals surface area (Å²) >= 11 is 0. The van der Waals surface area contributed by atoms with E-state index in [1.165, 1.54) is 5.56 Å². The van der Waals surface area contributed by atoms with Crippen molar-refractivity contribution in [3.63, 3.8) is 0 Å². The first-order valence-electron chi connectivity index (χ1n) is 6.47. The van der Waals surface area contributed by atoms with Gasteiger partial charge >= 0.3 is 0 Å². The normalized spacial score (nSPS) is 11.4. The Kier molecular flexibility index (Phi) is 3.90. The molecule has 0 saturated heterocycles. The Labute approximate surface area is 118 Å². The molecule has 2 rings (SSSR count). The van der Waals surface area contributed by atoms with Crippen LogP contribution in [-0.4, -0.2) is 33.4 Å². The Morgan fingerprint density at radius 1 is 1.35 bits per heavy atom. The van der Waals surface area contributed by atoms with Gasteiger partial charge in [-0.1, -0.05) is 29.8 Å². The van der Waals surface area contributed by atoms with Crippen molar-refractivity contribution in [2.75, 3.05) is 6.61 Å². The summed E-state index contributed by atoms with van der Waals surface area (Å²) in [6.07, 6.45) is 0. The molecular formula is C15H19N3O2. The van der Waals surface area contributed by atoms with Crippen LogP contribution >= 0.6 is 0 Å². The molecule has 5 heteroatoms. The second kappa shape index (κ2) is 5.46. The fourth-order valence-corrected chi connectivity index (χ4v) is 1.72. The zero-order valence-electron chi connectivity index (χ0n) is 11.9. The van der Waals surface area contributed by atoms with Crippen LogP contribution in [0.1, 0.15) is 29.9 Å². The molecule has 0 spiro atoms. The number of hydrogen-bond donors (Lipinski definition) is 3. The van der Waals surface area contributed by atoms with E-state index in [2.05, 4.69) is 15.5 Å². The number of aliphatic hydroxyl groups excluding tert-OH is 1. The van der Waals surface area contributed by atoms with E-state index in [-0.39, 0.29) is 12.5 Å². The molecule has 0 bridgehead atoms. The molecule has 5 nitrogen and oxygen atoms in total. The molecule has 0 fully saturated rings. The molecule has 1 aromatic heterocycles. The quantitative estimate of drug-likeness (QED) is 0.796. The smallest absolute Gasteiger partial charge is 0.269 e. The third-order valence-corrected chi connectivity index (χ3v) is 3.02. The second-order valence-electron chi connectivity index (χ2n) is 5.53. The van der Waals surface area contributed by atoms with E-state index >= 15 is 0 Å². The first kappa shape index (κ1) is 14.3. The summed E-state index contributed by atoms with van der Waals surface area (Å²) in [5.41, 5.74) is 2.56. The first-order valence-corrected chi connectivity index (χ1v) is 6.47. The predicted molar refractivity (Wildman–Crippen MR) is 77.4 cm³/mol. The second-order valence-corrected chi connectivity index (χ2v) is 5.53. The molecule has 1 amide bonds. The SMILES string of the molecule is Cc1ccc(-c2cc(C(=O)NC(C)(C)CO)[nH]n2)cc1. The Morgan fingerprint density at radius 2 is 2.00 bits per heavy atom. The minimum Gasteiger partial charge on any atom is -0.394 e. The Balaban J connectivity index is 2.17. The molecule has 0 aliphatic carbocycles. The van der Waals surface area contributed by atoms with Gasteiger partial charge in [-0.25, -0.2) is 0 Å². The van der Waals surface area contributed by atoms with Crippen molar-refractivity contribution in [3.8, 4) is 11.3 Å². The molecule has 0 saturated carbocycles. The summed E-state index contributed by atoms with van der Waals surface area (Å²) in [5.74, 6) is -0.282. The van der Waals surface area contributed by atoms with Gasteiger partial charge in [0.2, 0.25) is 0 Å². The highest BCUT2D eigenvalue weighted by molar-refractivity contribution is 5.93. The minimum absolute atomic E-state index is 0.127. The lowest BCUT2D eigenvalue weighted by atomic mass is 10.1. The third kappa shape index (κ3) is 3.24. The van der Waals surface area contributed by atoms with E-state index < -0.39 is 5.54 Å². The standard InChI is InChI=1S/C15H19N3O2/c1-10-4-6-11(7-5-10)12-8-13(18-17-12)14(20)16-15(2,3)9-19/h4-8,19H,9H2,1-3H3,(H,16,20)(H,17,18). The molecule has 1 heterocycles. The lowest BCUT2D eigenvalue weighted by Gasteiger charge is -2.22. The first-order chi connectivity index (χ1) is 9.41. The summed E-state index contributed by atoms with van der Waals surface area (Å²) in [4.78, 5) is 12.0. The molecule has 2 aromatic rings. The van der Waals surface area contributed by atoms with Crippen LogP contribution in [0.5, 0.6) is 0 Å². The van der Waals surface area contributed by atoms with Gasteiger partial charge in [0.1, 0.15) is 5.69 Å². The van der Waals surface area contributed by atoms with Crippen LogP contribution in [0.3, 0.4) is 0 Å². The van der Waals surface area contributed by atoms with E-state index in [1.807, 2.05) is 31.2 Å². The highest BCUT2D eigenvalue weighted by Gasteiger charge is 2.21. The zero-order chi connectivity index (χ0) is 14.8. The van der Waals surface area contributed by atoms with E-state index in [0.29, 0.717) is 5.69 Å². The van der Waals surface area contributed by atoms with Crippen LogP contribution in [0.25, 0.3) is 11.3 Å². The van der Waals surface area contributed by atoms with Crippen molar-refractivity contribution in [3.05, 3.63) is 41.6 Å². The average molecular weight is 273 g/mol. The van der Waals surface area contributed by atoms with E-state index in [9.17, 15) is 4.79 Å². The summed E-state index contributed by atoms with van der Waals surface area (Å²) in [6.45, 7) is 5.40. The van der Waals surface area contributed by atoms with E-state index in [0.717, 1.165) is 11.3 Å². The van der Waals surface area contributed by atoms with Gasteiger partial charge in [-0.3, -0.25) is 9.89 Å². The molecule has 0 aliphatic rings. The van der Waals surface area contributed by atoms with Crippen molar-refractivity contribution in [1.82, 2.24) is 15.5 Å². The van der Waals surface area contributed by atoms with Gasteiger partial charge in [-0.05, 0) is 26.8 Å². The summed E-state index contributed by atoms with van der Waals surface area (Å²) in [5, 5.41) is 18.8. The molecule has 1 aromatic carbocycles. The monoisotopic (exact) mass is 273 g/mol. The average Bonchev–Trinajstić information content (AvgIpc) is 2.89. The van der Waals surface area contributed by atoms with Crippen molar-refractivity contribution >= 4 is 5.91 Å². The largest absolute Gasteiger partial charge is 0.394 e. The number of benzene rings is 1. The molecule has 0 unspecified atom stereocenters. The van der Waals surface area contributed by atoms with Crippen LogP contribution in [-0.2, 0) is 0 Å². The van der Waals surface area contributed by atoms with Gasteiger partial charge in [0.15, 0.2) is 0 Å². The number of aromatic nitrogens is 2. The number of rotatable bonds is 4. The fourth-order valence-electron chi connectivity index (χ4n) is 1.72. The van der Waals surface area contributed by atoms with Gasteiger partial charge in [0.25, 0.3) is 5.91 Å². The maximum Gasteiger partial charge on any atom is 0.269 e. The molecular weight excluding hydrogens is 254 g/mol. The van der Waals surface area contributed by atoms with Crippen LogP contribution < -0.4 is 5.32 Å². The number of amides is 1. The number of hydrogen-bond acceptors (Lipinski definition) is 3. The number of carbonyl (C=O) groups is 1. The van der Waals surface area contributed by atoms with Crippen LogP contribution in [0.4, 0.5) is 0 Å². The van der Waals surface area contributed by atoms with E-state index in [4.69, 9.17) is 5.11 Å².